The van der Waals surface area contributed by atoms with Gasteiger partial charge in [-0.2, -0.15) is 0 Å². The highest BCUT2D eigenvalue weighted by Crippen LogP contribution is 2.32. The number of carbonyl (C=O) groups is 1. The van der Waals surface area contributed by atoms with E-state index in [2.05, 4.69) is 60.7 Å². The molecule has 0 heterocycles. The molecule has 1 atom stereocenters. The summed E-state index contributed by atoms with van der Waals surface area (Å²) >= 11 is 0. The van der Waals surface area contributed by atoms with Crippen LogP contribution in [0.25, 0.3) is 0 Å². The van der Waals surface area contributed by atoms with Gasteiger partial charge in [0.25, 0.3) is 0 Å². The number of hydrogen-bond donors (Lipinski definition) is 2. The van der Waals surface area contributed by atoms with Crippen molar-refractivity contribution in [3.8, 4) is 0 Å². The SMILES string of the molecule is N[C@H](Cc1ccc(P(c2ccccc2)c2ccccc2)cc1)C(=O)O. The summed E-state index contributed by atoms with van der Waals surface area (Å²) in [5.74, 6) is -0.972. The minimum absolute atomic E-state index is 0.338. The molecule has 0 aliphatic heterocycles. The summed E-state index contributed by atoms with van der Waals surface area (Å²) in [4.78, 5) is 10.9. The summed E-state index contributed by atoms with van der Waals surface area (Å²) in [5.41, 5.74) is 6.57. The lowest BCUT2D eigenvalue weighted by molar-refractivity contribution is -0.138. The Hall–Kier alpha value is -2.48. The third kappa shape index (κ3) is 4.33. The van der Waals surface area contributed by atoms with Crippen LogP contribution in [0.5, 0.6) is 0 Å². The predicted octanol–water partition coefficient (Wildman–Crippen LogP) is 2.40. The fourth-order valence-electron chi connectivity index (χ4n) is 2.72. The number of carboxylic acid groups (broad SMARTS) is 1. The van der Waals surface area contributed by atoms with E-state index < -0.39 is 19.9 Å². The second kappa shape index (κ2) is 8.06. The summed E-state index contributed by atoms with van der Waals surface area (Å²) in [6, 6.07) is 28.2. The molecule has 126 valence electrons. The first kappa shape index (κ1) is 17.3. The van der Waals surface area contributed by atoms with E-state index in [0.717, 1.165) is 5.56 Å². The predicted molar refractivity (Wildman–Crippen MR) is 104 cm³/mol. The summed E-state index contributed by atoms with van der Waals surface area (Å²) < 4.78 is 0. The second-order valence-corrected chi connectivity index (χ2v) is 8.04. The Kier molecular flexibility index (Phi) is 5.60. The summed E-state index contributed by atoms with van der Waals surface area (Å²) in [5, 5.41) is 12.8. The normalized spacial score (nSPS) is 12.1. The zero-order chi connectivity index (χ0) is 17.6. The molecule has 0 bridgehead atoms. The van der Waals surface area contributed by atoms with Crippen LogP contribution in [0.1, 0.15) is 5.56 Å². The molecule has 0 spiro atoms. The van der Waals surface area contributed by atoms with E-state index in [0.29, 0.717) is 6.42 Å². The maximum absolute atomic E-state index is 10.9. The van der Waals surface area contributed by atoms with E-state index in [1.165, 1.54) is 15.9 Å². The van der Waals surface area contributed by atoms with Crippen LogP contribution < -0.4 is 21.6 Å². The van der Waals surface area contributed by atoms with Crippen LogP contribution in [0, 0.1) is 0 Å². The molecule has 0 saturated carbocycles. The molecule has 0 aliphatic carbocycles. The number of hydrogen-bond acceptors (Lipinski definition) is 2. The molecular weight excluding hydrogens is 329 g/mol. The van der Waals surface area contributed by atoms with Gasteiger partial charge in [0, 0.05) is 0 Å². The number of nitrogens with two attached hydrogens (primary N) is 1. The number of benzene rings is 3. The second-order valence-electron chi connectivity index (χ2n) is 5.82. The molecule has 0 unspecified atom stereocenters. The molecule has 25 heavy (non-hydrogen) atoms. The summed E-state index contributed by atoms with van der Waals surface area (Å²) in [7, 11) is -0.639. The van der Waals surface area contributed by atoms with Crippen LogP contribution in [-0.2, 0) is 11.2 Å². The first-order valence-electron chi connectivity index (χ1n) is 8.13. The third-order valence-corrected chi connectivity index (χ3v) is 6.44. The van der Waals surface area contributed by atoms with Crippen molar-refractivity contribution in [3.05, 3.63) is 90.5 Å². The molecule has 3 N–H and O–H groups in total. The first-order chi connectivity index (χ1) is 12.1. The van der Waals surface area contributed by atoms with Crippen LogP contribution in [-0.4, -0.2) is 17.1 Å². The van der Waals surface area contributed by atoms with E-state index in [1.54, 1.807) is 0 Å². The Labute approximate surface area is 148 Å². The Morgan fingerprint density at radius 1 is 0.800 bits per heavy atom. The van der Waals surface area contributed by atoms with Crippen molar-refractivity contribution in [1.29, 1.82) is 0 Å². The first-order valence-corrected chi connectivity index (χ1v) is 9.47. The lowest BCUT2D eigenvalue weighted by Crippen LogP contribution is -2.32. The molecule has 3 rings (SSSR count). The van der Waals surface area contributed by atoms with Gasteiger partial charge >= 0.3 is 5.97 Å². The number of rotatable bonds is 6. The zero-order valence-electron chi connectivity index (χ0n) is 13.7. The lowest BCUT2D eigenvalue weighted by atomic mass is 10.1. The van der Waals surface area contributed by atoms with Crippen molar-refractivity contribution in [3.63, 3.8) is 0 Å². The standard InChI is InChI=1S/C21H20NO2P/c22-20(21(23)24)15-16-11-13-19(14-12-16)25(17-7-3-1-4-8-17)18-9-5-2-6-10-18/h1-14,20H,15,22H2,(H,23,24)/t20-/m1/s1. The van der Waals surface area contributed by atoms with E-state index in [1.807, 2.05) is 24.3 Å². The number of aliphatic carboxylic acids is 1. The van der Waals surface area contributed by atoms with Gasteiger partial charge < -0.3 is 10.8 Å². The van der Waals surface area contributed by atoms with Crippen LogP contribution in [0.3, 0.4) is 0 Å². The topological polar surface area (TPSA) is 63.3 Å². The van der Waals surface area contributed by atoms with Gasteiger partial charge in [0.1, 0.15) is 6.04 Å². The highest BCUT2D eigenvalue weighted by atomic mass is 31.1. The Morgan fingerprint density at radius 3 is 1.68 bits per heavy atom. The lowest BCUT2D eigenvalue weighted by Gasteiger charge is -2.19. The minimum atomic E-state index is -0.972. The van der Waals surface area contributed by atoms with Crippen molar-refractivity contribution in [2.75, 3.05) is 0 Å². The fraction of sp³-hybridized carbons (Fsp3) is 0.0952. The largest absolute Gasteiger partial charge is 0.480 e. The Bertz CT molecular complexity index is 780. The van der Waals surface area contributed by atoms with Gasteiger partial charge in [-0.1, -0.05) is 84.9 Å². The Balaban J connectivity index is 1.93. The maximum atomic E-state index is 10.9. The average molecular weight is 349 g/mol. The van der Waals surface area contributed by atoms with E-state index in [4.69, 9.17) is 10.8 Å². The molecule has 0 saturated heterocycles. The third-order valence-electron chi connectivity index (χ3n) is 4.00. The van der Waals surface area contributed by atoms with Crippen molar-refractivity contribution in [1.82, 2.24) is 0 Å². The maximum Gasteiger partial charge on any atom is 0.320 e. The summed E-state index contributed by atoms with van der Waals surface area (Å²) in [6.07, 6.45) is 0.338. The molecule has 0 radical (unpaired) electrons. The minimum Gasteiger partial charge on any atom is -0.480 e. The summed E-state index contributed by atoms with van der Waals surface area (Å²) in [6.45, 7) is 0. The van der Waals surface area contributed by atoms with E-state index >= 15 is 0 Å². The van der Waals surface area contributed by atoms with Gasteiger partial charge in [0.15, 0.2) is 0 Å². The van der Waals surface area contributed by atoms with E-state index in [-0.39, 0.29) is 0 Å². The van der Waals surface area contributed by atoms with Gasteiger partial charge in [-0.15, -0.1) is 0 Å². The van der Waals surface area contributed by atoms with Crippen molar-refractivity contribution < 1.29 is 9.90 Å². The van der Waals surface area contributed by atoms with Crippen LogP contribution >= 0.6 is 7.92 Å². The monoisotopic (exact) mass is 349 g/mol. The van der Waals surface area contributed by atoms with Crippen molar-refractivity contribution in [2.45, 2.75) is 12.5 Å². The average Bonchev–Trinajstić information content (AvgIpc) is 2.65. The van der Waals surface area contributed by atoms with Gasteiger partial charge in [-0.3, -0.25) is 4.79 Å². The molecule has 0 amide bonds. The smallest absolute Gasteiger partial charge is 0.320 e. The van der Waals surface area contributed by atoms with Crippen LogP contribution in [0.15, 0.2) is 84.9 Å². The molecule has 0 aliphatic rings. The number of carboxylic acids is 1. The molecule has 4 heteroatoms. The Morgan fingerprint density at radius 2 is 1.24 bits per heavy atom. The van der Waals surface area contributed by atoms with Crippen molar-refractivity contribution >= 4 is 29.8 Å². The zero-order valence-corrected chi connectivity index (χ0v) is 14.6. The van der Waals surface area contributed by atoms with Gasteiger partial charge in [0.05, 0.1) is 0 Å². The van der Waals surface area contributed by atoms with Crippen LogP contribution in [0.2, 0.25) is 0 Å². The fourth-order valence-corrected chi connectivity index (χ4v) is 5.01. The van der Waals surface area contributed by atoms with Crippen molar-refractivity contribution in [2.24, 2.45) is 5.73 Å². The molecule has 3 aromatic carbocycles. The quantitative estimate of drug-likeness (QED) is 0.672. The molecule has 0 aromatic heterocycles. The van der Waals surface area contributed by atoms with Crippen LogP contribution in [0.4, 0.5) is 0 Å². The molecule has 0 fully saturated rings. The highest BCUT2D eigenvalue weighted by Gasteiger charge is 2.17. The molecule has 3 nitrogen and oxygen atoms in total. The molecular formula is C21H20NO2P. The highest BCUT2D eigenvalue weighted by molar-refractivity contribution is 7.79. The van der Waals surface area contributed by atoms with Gasteiger partial charge in [0.2, 0.25) is 0 Å². The van der Waals surface area contributed by atoms with E-state index in [9.17, 15) is 4.79 Å². The molecule has 3 aromatic rings. The van der Waals surface area contributed by atoms with Gasteiger partial charge in [-0.05, 0) is 35.8 Å². The van der Waals surface area contributed by atoms with Gasteiger partial charge in [-0.25, -0.2) is 0 Å².